The van der Waals surface area contributed by atoms with Gasteiger partial charge in [-0.2, -0.15) is 5.10 Å². The largest absolute Gasteiger partial charge is 0.444 e. The summed E-state index contributed by atoms with van der Waals surface area (Å²) in [7, 11) is 0. The second-order valence-electron chi connectivity index (χ2n) is 7.28. The van der Waals surface area contributed by atoms with Gasteiger partial charge in [-0.3, -0.25) is 10.1 Å². The van der Waals surface area contributed by atoms with Crippen molar-refractivity contribution in [2.75, 3.05) is 10.6 Å². The summed E-state index contributed by atoms with van der Waals surface area (Å²) in [4.78, 5) is 24.2. The molecule has 2 N–H and O–H groups in total. The van der Waals surface area contributed by atoms with Gasteiger partial charge >= 0.3 is 6.09 Å². The van der Waals surface area contributed by atoms with Crippen LogP contribution in [0.25, 0.3) is 5.69 Å². The van der Waals surface area contributed by atoms with Gasteiger partial charge in [0.05, 0.1) is 5.69 Å². The van der Waals surface area contributed by atoms with E-state index in [1.807, 2.05) is 0 Å². The minimum absolute atomic E-state index is 0.213. The van der Waals surface area contributed by atoms with Crippen molar-refractivity contribution in [3.63, 3.8) is 0 Å². The van der Waals surface area contributed by atoms with Crippen LogP contribution in [0.1, 0.15) is 31.3 Å². The molecule has 0 saturated carbocycles. The van der Waals surface area contributed by atoms with E-state index < -0.39 is 17.6 Å². The molecule has 3 aromatic rings. The van der Waals surface area contributed by atoms with Crippen molar-refractivity contribution >= 4 is 23.4 Å². The van der Waals surface area contributed by atoms with Crippen molar-refractivity contribution in [2.24, 2.45) is 0 Å². The molecule has 0 spiro atoms. The Kier molecular flexibility index (Phi) is 5.63. The highest BCUT2D eigenvalue weighted by Crippen LogP contribution is 2.16. The van der Waals surface area contributed by atoms with Crippen molar-refractivity contribution in [2.45, 2.75) is 26.4 Å². The first-order valence-electron chi connectivity index (χ1n) is 8.93. The third kappa shape index (κ3) is 5.65. The van der Waals surface area contributed by atoms with E-state index in [4.69, 9.17) is 4.74 Å². The number of hydrogen-bond acceptors (Lipinski definition) is 4. The van der Waals surface area contributed by atoms with Crippen LogP contribution in [0.4, 0.5) is 20.6 Å². The van der Waals surface area contributed by atoms with E-state index in [9.17, 15) is 14.0 Å². The third-order valence-corrected chi connectivity index (χ3v) is 3.70. The highest BCUT2D eigenvalue weighted by molar-refractivity contribution is 6.03. The molecule has 1 aromatic heterocycles. The smallest absolute Gasteiger partial charge is 0.412 e. The molecule has 0 atom stereocenters. The molecule has 2 amide bonds. The Morgan fingerprint density at radius 2 is 1.52 bits per heavy atom. The molecule has 8 heteroatoms. The van der Waals surface area contributed by atoms with E-state index in [1.54, 1.807) is 69.4 Å². The minimum atomic E-state index is -0.588. The molecule has 0 saturated heterocycles. The predicted octanol–water partition coefficient (Wildman–Crippen LogP) is 4.61. The lowest BCUT2D eigenvalue weighted by Crippen LogP contribution is -2.27. The number of nitrogens with zero attached hydrogens (tertiary/aromatic N) is 2. The van der Waals surface area contributed by atoms with Crippen molar-refractivity contribution in [3.8, 4) is 5.69 Å². The van der Waals surface area contributed by atoms with E-state index >= 15 is 0 Å². The van der Waals surface area contributed by atoms with Crippen LogP contribution in [-0.4, -0.2) is 27.4 Å². The molecule has 0 aliphatic heterocycles. The number of rotatable bonds is 4. The Hall–Kier alpha value is -3.68. The number of nitrogens with one attached hydrogen (secondary N) is 2. The number of carbonyl (C=O) groups is 2. The van der Waals surface area contributed by atoms with Gasteiger partial charge in [-0.15, -0.1) is 0 Å². The predicted molar refractivity (Wildman–Crippen MR) is 108 cm³/mol. The van der Waals surface area contributed by atoms with Crippen LogP contribution in [0.2, 0.25) is 0 Å². The molecular formula is C21H21FN4O3. The Bertz CT molecular complexity index is 1010. The van der Waals surface area contributed by atoms with Crippen molar-refractivity contribution in [1.82, 2.24) is 9.78 Å². The summed E-state index contributed by atoms with van der Waals surface area (Å²) < 4.78 is 19.7. The number of aromatic nitrogens is 2. The Morgan fingerprint density at radius 1 is 0.931 bits per heavy atom. The highest BCUT2D eigenvalue weighted by atomic mass is 19.1. The first-order chi connectivity index (χ1) is 13.7. The van der Waals surface area contributed by atoms with Crippen LogP contribution in [0.15, 0.2) is 60.8 Å². The van der Waals surface area contributed by atoms with Crippen molar-refractivity contribution in [3.05, 3.63) is 72.3 Å². The molecule has 0 aliphatic carbocycles. The maximum absolute atomic E-state index is 13.0. The van der Waals surface area contributed by atoms with Crippen LogP contribution in [0.5, 0.6) is 0 Å². The van der Waals surface area contributed by atoms with Crippen LogP contribution >= 0.6 is 0 Å². The van der Waals surface area contributed by atoms with Gasteiger partial charge in [0.1, 0.15) is 11.4 Å². The van der Waals surface area contributed by atoms with Gasteiger partial charge in [0.2, 0.25) is 0 Å². The number of halogens is 1. The lowest BCUT2D eigenvalue weighted by molar-refractivity contribution is 0.0635. The molecule has 0 aliphatic rings. The molecule has 2 aromatic carbocycles. The molecule has 3 rings (SSSR count). The van der Waals surface area contributed by atoms with Gasteiger partial charge < -0.3 is 10.1 Å². The number of hydrogen-bond donors (Lipinski definition) is 2. The summed E-state index contributed by atoms with van der Waals surface area (Å²) >= 11 is 0. The number of amides is 2. The van der Waals surface area contributed by atoms with Crippen LogP contribution in [0, 0.1) is 5.82 Å². The van der Waals surface area contributed by atoms with E-state index in [2.05, 4.69) is 15.7 Å². The first-order valence-corrected chi connectivity index (χ1v) is 8.93. The number of anilines is 2. The first kappa shape index (κ1) is 20.1. The van der Waals surface area contributed by atoms with E-state index in [0.717, 1.165) is 0 Å². The van der Waals surface area contributed by atoms with Gasteiger partial charge in [-0.1, -0.05) is 0 Å². The fraction of sp³-hybridized carbons (Fsp3) is 0.190. The molecular weight excluding hydrogens is 375 g/mol. The summed E-state index contributed by atoms with van der Waals surface area (Å²) in [6, 6.07) is 14.0. The number of benzene rings is 2. The fourth-order valence-electron chi connectivity index (χ4n) is 2.44. The summed E-state index contributed by atoms with van der Waals surface area (Å²) in [6.45, 7) is 5.34. The summed E-state index contributed by atoms with van der Waals surface area (Å²) in [5.41, 5.74) is 1.35. The molecule has 150 valence electrons. The number of ether oxygens (including phenoxy) is 1. The SMILES string of the molecule is CC(C)(C)OC(=O)Nc1ccc(NC(=O)c2ccn(-c3ccc(F)cc3)n2)cc1. The van der Waals surface area contributed by atoms with E-state index in [1.165, 1.54) is 16.8 Å². The lowest BCUT2D eigenvalue weighted by Gasteiger charge is -2.19. The summed E-state index contributed by atoms with van der Waals surface area (Å²) in [6.07, 6.45) is 1.07. The average Bonchev–Trinajstić information content (AvgIpc) is 3.12. The molecule has 7 nitrogen and oxygen atoms in total. The molecule has 0 radical (unpaired) electrons. The minimum Gasteiger partial charge on any atom is -0.444 e. The quantitative estimate of drug-likeness (QED) is 0.674. The van der Waals surface area contributed by atoms with Crippen LogP contribution in [-0.2, 0) is 4.74 Å². The average molecular weight is 396 g/mol. The Morgan fingerprint density at radius 3 is 2.10 bits per heavy atom. The molecule has 0 bridgehead atoms. The van der Waals surface area contributed by atoms with E-state index in [-0.39, 0.29) is 11.5 Å². The zero-order valence-corrected chi connectivity index (χ0v) is 16.3. The number of carbonyl (C=O) groups excluding carboxylic acids is 2. The Labute approximate surface area is 167 Å². The fourth-order valence-corrected chi connectivity index (χ4v) is 2.44. The zero-order valence-electron chi connectivity index (χ0n) is 16.3. The molecule has 0 unspecified atom stereocenters. The van der Waals surface area contributed by atoms with Crippen molar-refractivity contribution in [1.29, 1.82) is 0 Å². The molecule has 1 heterocycles. The Balaban J connectivity index is 1.61. The zero-order chi connectivity index (χ0) is 21.0. The monoisotopic (exact) mass is 396 g/mol. The van der Waals surface area contributed by atoms with Crippen LogP contribution in [0.3, 0.4) is 0 Å². The summed E-state index contributed by atoms with van der Waals surface area (Å²) in [5, 5.41) is 9.56. The van der Waals surface area contributed by atoms with Gasteiger partial charge in [-0.05, 0) is 75.4 Å². The molecule has 29 heavy (non-hydrogen) atoms. The normalized spacial score (nSPS) is 11.0. The van der Waals surface area contributed by atoms with Crippen LogP contribution < -0.4 is 10.6 Å². The van der Waals surface area contributed by atoms with Gasteiger partial charge in [-0.25, -0.2) is 13.9 Å². The topological polar surface area (TPSA) is 85.3 Å². The highest BCUT2D eigenvalue weighted by Gasteiger charge is 2.16. The maximum atomic E-state index is 13.0. The third-order valence-electron chi connectivity index (χ3n) is 3.70. The lowest BCUT2D eigenvalue weighted by atomic mass is 10.2. The van der Waals surface area contributed by atoms with Crippen molar-refractivity contribution < 1.29 is 18.7 Å². The standard InChI is InChI=1S/C21H21FN4O3/c1-21(2,3)29-20(28)24-16-8-6-15(7-9-16)23-19(27)18-12-13-26(25-18)17-10-4-14(22)5-11-17/h4-13H,1-3H3,(H,23,27)(H,24,28). The van der Waals surface area contributed by atoms with Gasteiger partial charge in [0, 0.05) is 17.6 Å². The second-order valence-corrected chi connectivity index (χ2v) is 7.28. The van der Waals surface area contributed by atoms with Gasteiger partial charge in [0.25, 0.3) is 5.91 Å². The maximum Gasteiger partial charge on any atom is 0.412 e. The second kappa shape index (κ2) is 8.14. The van der Waals surface area contributed by atoms with E-state index in [0.29, 0.717) is 17.1 Å². The summed E-state index contributed by atoms with van der Waals surface area (Å²) in [5.74, 6) is -0.734. The molecule has 0 fully saturated rings. The van der Waals surface area contributed by atoms with Gasteiger partial charge in [0.15, 0.2) is 5.69 Å².